The minimum atomic E-state index is -4.46. The molecule has 0 saturated heterocycles. The third-order valence-corrected chi connectivity index (χ3v) is 4.89. The van der Waals surface area contributed by atoms with Gasteiger partial charge in [0.1, 0.15) is 6.07 Å². The summed E-state index contributed by atoms with van der Waals surface area (Å²) in [5.41, 5.74) is 2.00. The second kappa shape index (κ2) is 7.40. The van der Waals surface area contributed by atoms with E-state index in [0.29, 0.717) is 33.3 Å². The highest BCUT2D eigenvalue weighted by atomic mass is 19.4. The molecule has 0 amide bonds. The maximum absolute atomic E-state index is 13.3. The molecule has 2 nitrogen and oxygen atoms in total. The molecule has 138 valence electrons. The van der Waals surface area contributed by atoms with Gasteiger partial charge in [0.05, 0.1) is 22.3 Å². The average Bonchev–Trinajstić information content (AvgIpc) is 2.67. The number of hydrogen-bond donors (Lipinski definition) is 0. The Morgan fingerprint density at radius 2 is 1.70 bits per heavy atom. The van der Waals surface area contributed by atoms with Gasteiger partial charge in [-0.15, -0.1) is 0 Å². The van der Waals surface area contributed by atoms with E-state index < -0.39 is 11.7 Å². The standard InChI is InChI=1S/C22H19F3N2/c1-3-14(4-2)21-18(13-26)20(15-8-6-5-7-9-15)17-12-16(22(23,24)25)10-11-19(17)27-21/h5-12,14H,3-4H2,1-2H3. The Labute approximate surface area is 156 Å². The molecule has 3 aromatic rings. The number of nitriles is 1. The van der Waals surface area contributed by atoms with Crippen molar-refractivity contribution in [3.8, 4) is 17.2 Å². The van der Waals surface area contributed by atoms with Crippen molar-refractivity contribution in [3.05, 3.63) is 65.4 Å². The Hall–Kier alpha value is -2.87. The van der Waals surface area contributed by atoms with E-state index in [0.717, 1.165) is 25.0 Å². The Morgan fingerprint density at radius 3 is 2.26 bits per heavy atom. The van der Waals surface area contributed by atoms with Crippen molar-refractivity contribution in [1.82, 2.24) is 4.98 Å². The van der Waals surface area contributed by atoms with E-state index >= 15 is 0 Å². The van der Waals surface area contributed by atoms with Crippen molar-refractivity contribution in [2.45, 2.75) is 38.8 Å². The fourth-order valence-electron chi connectivity index (χ4n) is 3.45. The third kappa shape index (κ3) is 3.52. The highest BCUT2D eigenvalue weighted by molar-refractivity contribution is 5.98. The monoisotopic (exact) mass is 368 g/mol. The van der Waals surface area contributed by atoms with Crippen molar-refractivity contribution in [2.24, 2.45) is 0 Å². The van der Waals surface area contributed by atoms with Crippen LogP contribution in [0.1, 0.15) is 49.4 Å². The first-order valence-electron chi connectivity index (χ1n) is 8.91. The minimum Gasteiger partial charge on any atom is -0.251 e. The van der Waals surface area contributed by atoms with Crippen LogP contribution in [-0.2, 0) is 6.18 Å². The quantitative estimate of drug-likeness (QED) is 0.514. The number of hydrogen-bond acceptors (Lipinski definition) is 2. The molecular formula is C22H19F3N2. The van der Waals surface area contributed by atoms with E-state index in [-0.39, 0.29) is 5.92 Å². The van der Waals surface area contributed by atoms with E-state index in [9.17, 15) is 18.4 Å². The van der Waals surface area contributed by atoms with Crippen LogP contribution in [0.5, 0.6) is 0 Å². The second-order valence-electron chi connectivity index (χ2n) is 6.47. The topological polar surface area (TPSA) is 36.7 Å². The summed E-state index contributed by atoms with van der Waals surface area (Å²) in [5, 5.41) is 10.2. The number of alkyl halides is 3. The minimum absolute atomic E-state index is 0.0776. The highest BCUT2D eigenvalue weighted by Crippen LogP contribution is 2.39. The molecule has 3 rings (SSSR count). The van der Waals surface area contributed by atoms with E-state index in [1.807, 2.05) is 44.2 Å². The smallest absolute Gasteiger partial charge is 0.251 e. The first-order chi connectivity index (χ1) is 12.9. The number of fused-ring (bicyclic) bond motifs is 1. The van der Waals surface area contributed by atoms with Crippen LogP contribution in [0.4, 0.5) is 13.2 Å². The molecule has 0 spiro atoms. The van der Waals surface area contributed by atoms with Crippen LogP contribution in [0.3, 0.4) is 0 Å². The van der Waals surface area contributed by atoms with E-state index in [1.165, 1.54) is 6.07 Å². The van der Waals surface area contributed by atoms with Gasteiger partial charge in [0, 0.05) is 16.9 Å². The highest BCUT2D eigenvalue weighted by Gasteiger charge is 2.31. The van der Waals surface area contributed by atoms with Crippen LogP contribution in [0.25, 0.3) is 22.0 Å². The maximum atomic E-state index is 13.3. The van der Waals surface area contributed by atoms with Crippen LogP contribution in [0.2, 0.25) is 0 Å². The average molecular weight is 368 g/mol. The SMILES string of the molecule is CCC(CC)c1nc2ccc(C(F)(F)F)cc2c(-c2ccccc2)c1C#N. The summed E-state index contributed by atoms with van der Waals surface area (Å²) >= 11 is 0. The van der Waals surface area contributed by atoms with Gasteiger partial charge in [-0.1, -0.05) is 44.2 Å². The van der Waals surface area contributed by atoms with Gasteiger partial charge in [-0.3, -0.25) is 4.98 Å². The predicted molar refractivity (Wildman–Crippen MR) is 100 cm³/mol. The van der Waals surface area contributed by atoms with Crippen molar-refractivity contribution in [1.29, 1.82) is 5.26 Å². The lowest BCUT2D eigenvalue weighted by Gasteiger charge is -2.19. The van der Waals surface area contributed by atoms with Gasteiger partial charge in [-0.05, 0) is 36.6 Å². The molecule has 1 aromatic heterocycles. The zero-order valence-electron chi connectivity index (χ0n) is 15.1. The van der Waals surface area contributed by atoms with Crippen molar-refractivity contribution in [3.63, 3.8) is 0 Å². The molecule has 0 unspecified atom stereocenters. The maximum Gasteiger partial charge on any atom is 0.416 e. The van der Waals surface area contributed by atoms with Gasteiger partial charge in [-0.2, -0.15) is 18.4 Å². The summed E-state index contributed by atoms with van der Waals surface area (Å²) in [6.07, 6.45) is -2.85. The van der Waals surface area contributed by atoms with Gasteiger partial charge >= 0.3 is 6.18 Å². The molecule has 0 saturated carbocycles. The molecule has 0 atom stereocenters. The van der Waals surface area contributed by atoms with E-state index in [1.54, 1.807) is 0 Å². The van der Waals surface area contributed by atoms with Gasteiger partial charge in [-0.25, -0.2) is 0 Å². The molecule has 0 N–H and O–H groups in total. The zero-order valence-corrected chi connectivity index (χ0v) is 15.1. The molecule has 27 heavy (non-hydrogen) atoms. The summed E-state index contributed by atoms with van der Waals surface area (Å²) in [6, 6.07) is 14.9. The van der Waals surface area contributed by atoms with Crippen LogP contribution >= 0.6 is 0 Å². The number of pyridine rings is 1. The van der Waals surface area contributed by atoms with Crippen LogP contribution in [0.15, 0.2) is 48.5 Å². The number of aromatic nitrogens is 1. The third-order valence-electron chi connectivity index (χ3n) is 4.89. The number of rotatable bonds is 4. The normalized spacial score (nSPS) is 11.7. The van der Waals surface area contributed by atoms with Crippen molar-refractivity contribution >= 4 is 10.9 Å². The number of halogens is 3. The fraction of sp³-hybridized carbons (Fsp3) is 0.273. The zero-order chi connectivity index (χ0) is 19.6. The van der Waals surface area contributed by atoms with Crippen molar-refractivity contribution < 1.29 is 13.2 Å². The second-order valence-corrected chi connectivity index (χ2v) is 6.47. The largest absolute Gasteiger partial charge is 0.416 e. The summed E-state index contributed by atoms with van der Waals surface area (Å²) in [5.74, 6) is 0.0776. The lowest BCUT2D eigenvalue weighted by Crippen LogP contribution is -2.08. The lowest BCUT2D eigenvalue weighted by molar-refractivity contribution is -0.137. The molecule has 0 aliphatic rings. The summed E-state index contributed by atoms with van der Waals surface area (Å²) in [6.45, 7) is 4.05. The Morgan fingerprint density at radius 1 is 1.04 bits per heavy atom. The summed E-state index contributed by atoms with van der Waals surface area (Å²) < 4.78 is 39.8. The van der Waals surface area contributed by atoms with E-state index in [2.05, 4.69) is 11.1 Å². The molecule has 0 aliphatic carbocycles. The lowest BCUT2D eigenvalue weighted by atomic mass is 9.88. The van der Waals surface area contributed by atoms with Crippen LogP contribution in [-0.4, -0.2) is 4.98 Å². The molecular weight excluding hydrogens is 349 g/mol. The Kier molecular flexibility index (Phi) is 5.18. The molecule has 5 heteroatoms. The molecule has 0 radical (unpaired) electrons. The van der Waals surface area contributed by atoms with Gasteiger partial charge in [0.2, 0.25) is 0 Å². The first-order valence-corrected chi connectivity index (χ1v) is 8.91. The molecule has 1 heterocycles. The fourth-order valence-corrected chi connectivity index (χ4v) is 3.45. The van der Waals surface area contributed by atoms with Crippen LogP contribution < -0.4 is 0 Å². The van der Waals surface area contributed by atoms with Gasteiger partial charge in [0.25, 0.3) is 0 Å². The van der Waals surface area contributed by atoms with Gasteiger partial charge < -0.3 is 0 Å². The molecule has 0 fully saturated rings. The molecule has 2 aromatic carbocycles. The molecule has 0 bridgehead atoms. The first kappa shape index (κ1) is 18.9. The van der Waals surface area contributed by atoms with Gasteiger partial charge in [0.15, 0.2) is 0 Å². The van der Waals surface area contributed by atoms with Crippen LogP contribution in [0, 0.1) is 11.3 Å². The summed E-state index contributed by atoms with van der Waals surface area (Å²) in [4.78, 5) is 4.61. The number of benzene rings is 2. The molecule has 0 aliphatic heterocycles. The van der Waals surface area contributed by atoms with E-state index in [4.69, 9.17) is 0 Å². The Balaban J connectivity index is 2.45. The predicted octanol–water partition coefficient (Wildman–Crippen LogP) is 6.70. The van der Waals surface area contributed by atoms with Crippen molar-refractivity contribution in [2.75, 3.05) is 0 Å². The summed E-state index contributed by atoms with van der Waals surface area (Å²) in [7, 11) is 0. The number of nitrogens with zero attached hydrogens (tertiary/aromatic N) is 2. The Bertz CT molecular complexity index is 998.